The van der Waals surface area contributed by atoms with Crippen LogP contribution < -0.4 is 5.32 Å². The van der Waals surface area contributed by atoms with Crippen molar-refractivity contribution in [3.05, 3.63) is 138 Å². The first-order valence-electron chi connectivity index (χ1n) is 15.1. The van der Waals surface area contributed by atoms with Gasteiger partial charge >= 0.3 is 0 Å². The van der Waals surface area contributed by atoms with E-state index < -0.39 is 39.4 Å². The summed E-state index contributed by atoms with van der Waals surface area (Å²) in [5, 5.41) is 2.90. The van der Waals surface area contributed by atoms with Crippen LogP contribution in [0.5, 0.6) is 0 Å². The number of Topliss-reactive ketones (excluding diaryl/α,β-unsaturated/α-hetero) is 1. The second-order valence-electron chi connectivity index (χ2n) is 11.1. The normalized spacial score (nSPS) is 13.0. The van der Waals surface area contributed by atoms with Crippen LogP contribution in [-0.2, 0) is 33.5 Å². The second-order valence-corrected chi connectivity index (χ2v) is 13.2. The third-order valence-electron chi connectivity index (χ3n) is 7.56. The van der Waals surface area contributed by atoms with Crippen LogP contribution in [0.25, 0.3) is 11.1 Å². The number of fused-ring (bicyclic) bond motifs is 1. The molecule has 8 nitrogen and oxygen atoms in total. The molecule has 0 aliphatic rings. The van der Waals surface area contributed by atoms with Gasteiger partial charge in [0.15, 0.2) is 15.4 Å². The van der Waals surface area contributed by atoms with E-state index in [2.05, 4.69) is 10.3 Å². The molecule has 0 radical (unpaired) electrons. The lowest BCUT2D eigenvalue weighted by atomic mass is 10.1. The molecule has 2 unspecified atom stereocenters. The van der Waals surface area contributed by atoms with E-state index in [0.717, 1.165) is 11.1 Å². The molecule has 0 aliphatic heterocycles. The lowest BCUT2D eigenvalue weighted by Gasteiger charge is -2.32. The molecule has 0 saturated carbocycles. The molecule has 0 saturated heterocycles. The van der Waals surface area contributed by atoms with Gasteiger partial charge in [-0.2, -0.15) is 0 Å². The molecule has 0 aliphatic carbocycles. The molecule has 1 aromatic heterocycles. The average molecular weight is 624 g/mol. The van der Waals surface area contributed by atoms with Gasteiger partial charge in [0, 0.05) is 13.1 Å². The third kappa shape index (κ3) is 8.74. The van der Waals surface area contributed by atoms with Gasteiger partial charge in [0.1, 0.15) is 11.6 Å². The summed E-state index contributed by atoms with van der Waals surface area (Å²) in [4.78, 5) is 34.1. The summed E-state index contributed by atoms with van der Waals surface area (Å²) in [6, 6.07) is 33.2. The molecule has 0 spiro atoms. The minimum Gasteiger partial charge on any atom is -0.434 e. The number of nitrogens with zero attached hydrogens (tertiary/aromatic N) is 2. The van der Waals surface area contributed by atoms with Crippen molar-refractivity contribution >= 4 is 32.6 Å². The number of para-hydroxylation sites is 2. The smallest absolute Gasteiger partial charge is 0.266 e. The van der Waals surface area contributed by atoms with Gasteiger partial charge in [-0.25, -0.2) is 13.4 Å². The van der Waals surface area contributed by atoms with E-state index in [1.165, 1.54) is 0 Å². The maximum absolute atomic E-state index is 14.3. The highest BCUT2D eigenvalue weighted by molar-refractivity contribution is 7.90. The number of ketones is 1. The number of sulfone groups is 1. The Morgan fingerprint density at radius 2 is 1.31 bits per heavy atom. The van der Waals surface area contributed by atoms with E-state index in [0.29, 0.717) is 42.6 Å². The van der Waals surface area contributed by atoms with Gasteiger partial charge in [-0.15, -0.1) is 0 Å². The molecule has 2 atom stereocenters. The number of aromatic nitrogens is 1. The first kappa shape index (κ1) is 31.8. The predicted molar refractivity (Wildman–Crippen MR) is 175 cm³/mol. The van der Waals surface area contributed by atoms with Crippen molar-refractivity contribution in [2.75, 3.05) is 5.75 Å². The molecular formula is C36H37N3O5S. The molecule has 45 heavy (non-hydrogen) atoms. The zero-order valence-corrected chi connectivity index (χ0v) is 26.0. The molecule has 5 rings (SSSR count). The Morgan fingerprint density at radius 3 is 1.87 bits per heavy atom. The van der Waals surface area contributed by atoms with Crippen molar-refractivity contribution in [2.24, 2.45) is 0 Å². The van der Waals surface area contributed by atoms with Crippen LogP contribution >= 0.6 is 0 Å². The summed E-state index contributed by atoms with van der Waals surface area (Å²) in [5.74, 6) is -1.72. The molecule has 1 N–H and O–H groups in total. The van der Waals surface area contributed by atoms with Gasteiger partial charge in [0.05, 0.1) is 17.5 Å². The molecule has 5 aromatic rings. The molecule has 9 heteroatoms. The number of nitrogens with one attached hydrogen (secondary N) is 1. The molecule has 1 heterocycles. The van der Waals surface area contributed by atoms with Crippen molar-refractivity contribution in [3.8, 4) is 0 Å². The van der Waals surface area contributed by atoms with Gasteiger partial charge in [0.25, 0.3) is 5.89 Å². The predicted octanol–water partition coefficient (Wildman–Crippen LogP) is 5.98. The van der Waals surface area contributed by atoms with Crippen molar-refractivity contribution in [1.82, 2.24) is 15.2 Å². The number of amides is 1. The molecule has 0 bridgehead atoms. The number of carbonyl (C=O) groups excluding carboxylic acids is 2. The van der Waals surface area contributed by atoms with Crippen molar-refractivity contribution in [2.45, 2.75) is 50.7 Å². The van der Waals surface area contributed by atoms with E-state index in [1.54, 1.807) is 48.5 Å². The fourth-order valence-corrected chi connectivity index (χ4v) is 7.00. The number of hydrogen-bond acceptors (Lipinski definition) is 7. The maximum atomic E-state index is 14.3. The van der Waals surface area contributed by atoms with Gasteiger partial charge in [0.2, 0.25) is 11.7 Å². The summed E-state index contributed by atoms with van der Waals surface area (Å²) < 4.78 is 33.1. The number of oxazole rings is 1. The Labute approximate surface area is 264 Å². The monoisotopic (exact) mass is 623 g/mol. The third-order valence-corrected chi connectivity index (χ3v) is 9.15. The van der Waals surface area contributed by atoms with Crippen molar-refractivity contribution < 1.29 is 22.4 Å². The number of rotatable bonds is 15. The maximum Gasteiger partial charge on any atom is 0.266 e. The minimum absolute atomic E-state index is 0.0892. The summed E-state index contributed by atoms with van der Waals surface area (Å²) in [5.41, 5.74) is 3.52. The van der Waals surface area contributed by atoms with E-state index in [-0.39, 0.29) is 11.6 Å². The summed E-state index contributed by atoms with van der Waals surface area (Å²) >= 11 is 0. The fraction of sp³-hybridized carbons (Fsp3) is 0.250. The largest absolute Gasteiger partial charge is 0.434 e. The topological polar surface area (TPSA) is 110 Å². The van der Waals surface area contributed by atoms with Gasteiger partial charge in [-0.1, -0.05) is 116 Å². The first-order valence-corrected chi connectivity index (χ1v) is 16.9. The van der Waals surface area contributed by atoms with Crippen molar-refractivity contribution in [3.63, 3.8) is 0 Å². The van der Waals surface area contributed by atoms with Gasteiger partial charge in [-0.3, -0.25) is 14.5 Å². The zero-order valence-electron chi connectivity index (χ0n) is 25.2. The Bertz CT molecular complexity index is 1730. The number of benzene rings is 4. The van der Waals surface area contributed by atoms with E-state index in [9.17, 15) is 18.0 Å². The highest BCUT2D eigenvalue weighted by Crippen LogP contribution is 2.20. The molecule has 0 fully saturated rings. The Morgan fingerprint density at radius 1 is 0.778 bits per heavy atom. The lowest BCUT2D eigenvalue weighted by Crippen LogP contribution is -2.54. The summed E-state index contributed by atoms with van der Waals surface area (Å²) in [6.45, 7) is 2.57. The Kier molecular flexibility index (Phi) is 10.5. The molecule has 1 amide bonds. The SMILES string of the molecule is CCCC(NC(=O)C(CS(=O)(=O)Cc1ccccc1)N(Cc1ccccc1)Cc1ccccc1)C(=O)c1nc2ccccc2o1. The van der Waals surface area contributed by atoms with Crippen LogP contribution in [0.2, 0.25) is 0 Å². The highest BCUT2D eigenvalue weighted by atomic mass is 32.2. The molecule has 232 valence electrons. The second kappa shape index (κ2) is 14.9. The van der Waals surface area contributed by atoms with E-state index >= 15 is 0 Å². The van der Waals surface area contributed by atoms with Crippen LogP contribution in [0.15, 0.2) is 120 Å². The fourth-order valence-electron chi connectivity index (χ4n) is 5.34. The summed E-state index contributed by atoms with van der Waals surface area (Å²) in [6.07, 6.45) is 0.940. The summed E-state index contributed by atoms with van der Waals surface area (Å²) in [7, 11) is -3.76. The van der Waals surface area contributed by atoms with Crippen LogP contribution in [0.1, 0.15) is 47.1 Å². The van der Waals surface area contributed by atoms with E-state index in [4.69, 9.17) is 4.42 Å². The Hall–Kier alpha value is -4.60. The average Bonchev–Trinajstić information content (AvgIpc) is 3.49. The highest BCUT2D eigenvalue weighted by Gasteiger charge is 2.35. The quantitative estimate of drug-likeness (QED) is 0.143. The van der Waals surface area contributed by atoms with Crippen LogP contribution in [0, 0.1) is 0 Å². The van der Waals surface area contributed by atoms with Gasteiger partial charge < -0.3 is 9.73 Å². The molecule has 4 aromatic carbocycles. The van der Waals surface area contributed by atoms with Gasteiger partial charge in [-0.05, 0) is 35.2 Å². The Balaban J connectivity index is 1.48. The van der Waals surface area contributed by atoms with E-state index in [1.807, 2.05) is 78.6 Å². The van der Waals surface area contributed by atoms with Crippen LogP contribution in [0.4, 0.5) is 0 Å². The van der Waals surface area contributed by atoms with Crippen LogP contribution in [-0.4, -0.2) is 47.8 Å². The first-order chi connectivity index (χ1) is 21.8. The van der Waals surface area contributed by atoms with Crippen molar-refractivity contribution in [1.29, 1.82) is 0 Å². The number of carbonyl (C=O) groups is 2. The molecular weight excluding hydrogens is 586 g/mol. The zero-order chi connectivity index (χ0) is 31.6. The number of hydrogen-bond donors (Lipinski definition) is 1. The lowest BCUT2D eigenvalue weighted by molar-refractivity contribution is -0.126. The standard InChI is InChI=1S/C36H37N3O5S/c1-2-14-31(34(40)36-38-30-21-12-13-22-33(30)44-36)37-35(41)32(26-45(42,43)25-29-19-10-5-11-20-29)39(23-27-15-6-3-7-16-27)24-28-17-8-4-9-18-28/h3-13,15-22,31-32H,2,14,23-26H2,1H3,(H,37,41). The minimum atomic E-state index is -3.76. The van der Waals surface area contributed by atoms with Crippen LogP contribution in [0.3, 0.4) is 0 Å².